The zero-order chi connectivity index (χ0) is 29.5. The fourth-order valence-corrected chi connectivity index (χ4v) is 7.58. The Balaban J connectivity index is 1.55. The highest BCUT2D eigenvalue weighted by atomic mass is 32.2. The molecule has 0 saturated carbocycles. The maximum Gasteiger partial charge on any atom is 0.363 e. The molecule has 1 aromatic carbocycles. The number of thioether (sulfide) groups is 1. The molecule has 0 aromatic heterocycles. The van der Waals surface area contributed by atoms with Crippen LogP contribution < -0.4 is 4.83 Å². The van der Waals surface area contributed by atoms with Gasteiger partial charge in [-0.3, -0.25) is 14.9 Å². The molecule has 1 aromatic rings. The first-order chi connectivity index (χ1) is 18.8. The van der Waals surface area contributed by atoms with Gasteiger partial charge in [0.05, 0.1) is 28.6 Å². The molecule has 3 aliphatic heterocycles. The Kier molecular flexibility index (Phi) is 8.96. The molecule has 218 valence electrons. The van der Waals surface area contributed by atoms with Gasteiger partial charge in [0.25, 0.3) is 5.69 Å². The zero-order valence-corrected chi connectivity index (χ0v) is 24.0. The molecule has 0 radical (unpaired) electrons. The standard InChI is InChI=1S/C24H31N5O9S2/c1-12-19-18(13(2)30)22(31)28(19)20(24(33)38-23(32)14-5-7-15(8-6-14)29(34)35)21(12)39-17-9-16(26(3)11-17)10-27(4)25-40(36)37/h5-8,12-13,16-19,30,40H,9-11H2,1-4H3,(H,25,36,37)/t12-,13-,16+,17?,18-,19-/m1/s1. The molecule has 3 aliphatic rings. The molecule has 2 saturated heterocycles. The Bertz CT molecular complexity index is 1310. The Labute approximate surface area is 236 Å². The van der Waals surface area contributed by atoms with E-state index >= 15 is 0 Å². The molecule has 16 heteroatoms. The highest BCUT2D eigenvalue weighted by molar-refractivity contribution is 8.03. The second kappa shape index (κ2) is 11.9. The minimum Gasteiger partial charge on any atom is -0.393 e. The summed E-state index contributed by atoms with van der Waals surface area (Å²) in [6.45, 7) is 4.44. The second-order valence-corrected chi connectivity index (χ2v) is 12.3. The van der Waals surface area contributed by atoms with Crippen LogP contribution in [0.5, 0.6) is 0 Å². The van der Waals surface area contributed by atoms with Crippen molar-refractivity contribution >= 4 is 46.2 Å². The number of nitrogens with zero attached hydrogens (tertiary/aromatic N) is 4. The van der Waals surface area contributed by atoms with E-state index < -0.39 is 51.7 Å². The molecule has 14 nitrogen and oxygen atoms in total. The minimum atomic E-state index is -2.78. The maximum atomic E-state index is 13.4. The van der Waals surface area contributed by atoms with Crippen molar-refractivity contribution in [3.63, 3.8) is 0 Å². The summed E-state index contributed by atoms with van der Waals surface area (Å²) >= 11 is 1.42. The Morgan fingerprint density at radius 2 is 1.95 bits per heavy atom. The van der Waals surface area contributed by atoms with Crippen molar-refractivity contribution < 1.29 is 37.6 Å². The first-order valence-corrected chi connectivity index (χ1v) is 14.6. The molecule has 3 heterocycles. The number of fused-ring (bicyclic) bond motifs is 1. The number of nitro benzene ring substituents is 1. The number of rotatable bonds is 10. The second-order valence-electron chi connectivity index (χ2n) is 10.3. The van der Waals surface area contributed by atoms with Gasteiger partial charge in [0.15, 0.2) is 0 Å². The van der Waals surface area contributed by atoms with Gasteiger partial charge in [0.1, 0.15) is 5.70 Å². The van der Waals surface area contributed by atoms with Gasteiger partial charge in [-0.05, 0) is 32.5 Å². The lowest BCUT2D eigenvalue weighted by molar-refractivity contribution is -0.384. The van der Waals surface area contributed by atoms with E-state index in [0.29, 0.717) is 24.4 Å². The third-order valence-corrected chi connectivity index (χ3v) is 9.48. The summed E-state index contributed by atoms with van der Waals surface area (Å²) in [6, 6.07) is 4.16. The first-order valence-electron chi connectivity index (χ1n) is 12.5. The van der Waals surface area contributed by atoms with E-state index in [9.17, 15) is 38.0 Å². The van der Waals surface area contributed by atoms with Crippen molar-refractivity contribution in [1.82, 2.24) is 19.6 Å². The number of hydrazine groups is 1. The van der Waals surface area contributed by atoms with Gasteiger partial charge in [-0.2, -0.15) is 4.83 Å². The molecule has 0 bridgehead atoms. The lowest BCUT2D eigenvalue weighted by Crippen LogP contribution is -2.63. The highest BCUT2D eigenvalue weighted by Gasteiger charge is 2.60. The summed E-state index contributed by atoms with van der Waals surface area (Å²) in [5.41, 5.74) is -0.324. The molecule has 0 aliphatic carbocycles. The van der Waals surface area contributed by atoms with E-state index in [2.05, 4.69) is 9.73 Å². The molecular formula is C24H31N5O9S2. The van der Waals surface area contributed by atoms with Crippen molar-refractivity contribution in [2.75, 3.05) is 27.2 Å². The van der Waals surface area contributed by atoms with Crippen LogP contribution in [0.2, 0.25) is 0 Å². The number of nitro groups is 1. The Morgan fingerprint density at radius 3 is 2.52 bits per heavy atom. The number of likely N-dealkylation sites (tertiary alicyclic amines) is 1. The molecule has 2 N–H and O–H groups in total. The van der Waals surface area contributed by atoms with Crippen LogP contribution in [-0.4, -0.2) is 102 Å². The summed E-state index contributed by atoms with van der Waals surface area (Å²) in [7, 11) is 0.763. The number of esters is 2. The van der Waals surface area contributed by atoms with Crippen LogP contribution in [0.25, 0.3) is 0 Å². The van der Waals surface area contributed by atoms with Gasteiger partial charge in [0.2, 0.25) is 16.8 Å². The lowest BCUT2D eigenvalue weighted by Gasteiger charge is -2.46. The molecule has 6 atom stereocenters. The van der Waals surface area contributed by atoms with Crippen molar-refractivity contribution in [1.29, 1.82) is 0 Å². The number of thiol groups is 1. The molecule has 1 amide bonds. The summed E-state index contributed by atoms with van der Waals surface area (Å²) in [4.78, 5) is 55.6. The number of non-ortho nitro benzene ring substituents is 1. The van der Waals surface area contributed by atoms with Gasteiger partial charge in [-0.15, -0.1) is 11.8 Å². The third-order valence-electron chi connectivity index (χ3n) is 7.48. The molecule has 2 fully saturated rings. The van der Waals surface area contributed by atoms with E-state index in [1.54, 1.807) is 7.05 Å². The number of β-lactam (4-membered cyclic amide) rings is 1. The first kappa shape index (κ1) is 30.1. The number of amides is 1. The van der Waals surface area contributed by atoms with Gasteiger partial charge in [0, 0.05) is 54.4 Å². The fourth-order valence-electron chi connectivity index (χ4n) is 5.58. The number of ether oxygens (including phenoxy) is 1. The number of likely N-dealkylation sites (N-methyl/N-ethyl adjacent to an activating group) is 2. The van der Waals surface area contributed by atoms with Crippen LogP contribution in [0.15, 0.2) is 34.9 Å². The normalized spacial score (nSPS) is 27.2. The van der Waals surface area contributed by atoms with Crippen molar-refractivity contribution in [3.05, 3.63) is 50.5 Å². The smallest absolute Gasteiger partial charge is 0.363 e. The number of aliphatic hydroxyl groups excluding tert-OH is 1. The summed E-state index contributed by atoms with van der Waals surface area (Å²) < 4.78 is 27.1. The van der Waals surface area contributed by atoms with Crippen LogP contribution in [0.1, 0.15) is 30.6 Å². The number of carbonyl (C=O) groups is 3. The SMILES string of the molecule is C[C@@H](O)[C@H]1C(=O)N2C(C(=O)OC(=O)c3ccc([N+](=O)[O-])cc3)=C(SC3C[C@@H](CN(C)N[SH](=O)=O)N(C)C3)[C@H](C)[C@H]12. The lowest BCUT2D eigenvalue weighted by atomic mass is 9.79. The number of benzene rings is 1. The van der Waals surface area contributed by atoms with Crippen molar-refractivity contribution in [2.45, 2.75) is 43.7 Å². The maximum absolute atomic E-state index is 13.4. The predicted molar refractivity (Wildman–Crippen MR) is 144 cm³/mol. The number of hydrogen-bond donors (Lipinski definition) is 3. The number of hydrogen-bond acceptors (Lipinski definition) is 12. The van der Waals surface area contributed by atoms with E-state index in [1.165, 1.54) is 40.7 Å². The number of carbonyl (C=O) groups excluding carboxylic acids is 3. The van der Waals surface area contributed by atoms with Crippen LogP contribution >= 0.6 is 11.8 Å². The predicted octanol–water partition coefficient (Wildman–Crippen LogP) is 0.116. The van der Waals surface area contributed by atoms with Gasteiger partial charge >= 0.3 is 11.9 Å². The molecular weight excluding hydrogens is 566 g/mol. The van der Waals surface area contributed by atoms with Gasteiger partial charge in [-0.25, -0.2) is 23.0 Å². The van der Waals surface area contributed by atoms with Crippen LogP contribution in [0.3, 0.4) is 0 Å². The van der Waals surface area contributed by atoms with E-state index in [-0.39, 0.29) is 34.2 Å². The topological polar surface area (TPSA) is 180 Å². The zero-order valence-electron chi connectivity index (χ0n) is 22.3. The van der Waals surface area contributed by atoms with Crippen molar-refractivity contribution in [3.8, 4) is 0 Å². The monoisotopic (exact) mass is 597 g/mol. The molecule has 1 unspecified atom stereocenters. The van der Waals surface area contributed by atoms with E-state index in [1.807, 2.05) is 14.0 Å². The Hall–Kier alpha value is -2.89. The third kappa shape index (κ3) is 5.91. The van der Waals surface area contributed by atoms with Crippen LogP contribution in [-0.2, 0) is 25.2 Å². The average molecular weight is 598 g/mol. The van der Waals surface area contributed by atoms with Crippen molar-refractivity contribution in [2.24, 2.45) is 11.8 Å². The average Bonchev–Trinajstić information content (AvgIpc) is 3.32. The molecule has 4 rings (SSSR count). The van der Waals surface area contributed by atoms with E-state index in [4.69, 9.17) is 4.74 Å². The summed E-state index contributed by atoms with van der Waals surface area (Å²) in [5.74, 6) is -3.46. The van der Waals surface area contributed by atoms with Crippen LogP contribution in [0, 0.1) is 22.0 Å². The van der Waals surface area contributed by atoms with Crippen LogP contribution in [0.4, 0.5) is 5.69 Å². The fraction of sp³-hybridized carbons (Fsp3) is 0.542. The van der Waals surface area contributed by atoms with Gasteiger partial charge < -0.3 is 19.6 Å². The summed E-state index contributed by atoms with van der Waals surface area (Å²) in [5, 5.41) is 22.6. The molecule has 40 heavy (non-hydrogen) atoms. The number of aliphatic hydroxyl groups is 1. The number of nitrogens with one attached hydrogen (secondary N) is 1. The molecule has 0 spiro atoms. The largest absolute Gasteiger partial charge is 0.393 e. The van der Waals surface area contributed by atoms with Gasteiger partial charge in [-0.1, -0.05) is 6.92 Å². The minimum absolute atomic E-state index is 0.00570. The quantitative estimate of drug-likeness (QED) is 0.0829. The Morgan fingerprint density at radius 1 is 1.30 bits per heavy atom. The van der Waals surface area contributed by atoms with E-state index in [0.717, 1.165) is 12.1 Å². The highest BCUT2D eigenvalue weighted by Crippen LogP contribution is 2.52. The summed E-state index contributed by atoms with van der Waals surface area (Å²) in [6.07, 6.45) is -0.265.